The molecule has 1 aliphatic carbocycles. The van der Waals surface area contributed by atoms with E-state index in [2.05, 4.69) is 24.1 Å². The number of carbonyl (C=O) groups excluding carboxylic acids is 1. The number of nitrogens with zero attached hydrogens (tertiary/aromatic N) is 2. The third kappa shape index (κ3) is 4.68. The van der Waals surface area contributed by atoms with Crippen molar-refractivity contribution in [2.45, 2.75) is 58.0 Å². The van der Waals surface area contributed by atoms with Gasteiger partial charge in [0.05, 0.1) is 6.54 Å². The van der Waals surface area contributed by atoms with Gasteiger partial charge < -0.3 is 10.2 Å². The lowest BCUT2D eigenvalue weighted by Gasteiger charge is -2.40. The maximum Gasteiger partial charge on any atom is 0.236 e. The molecular formula is C17H33N3O. The van der Waals surface area contributed by atoms with Gasteiger partial charge in [-0.15, -0.1) is 0 Å². The fraction of sp³-hybridized carbons (Fsp3) is 0.941. The molecule has 2 rings (SSSR count). The fourth-order valence-corrected chi connectivity index (χ4v) is 3.71. The Balaban J connectivity index is 1.73. The van der Waals surface area contributed by atoms with E-state index in [1.54, 1.807) is 4.90 Å². The summed E-state index contributed by atoms with van der Waals surface area (Å²) in [6.45, 7) is 7.48. The van der Waals surface area contributed by atoms with E-state index in [4.69, 9.17) is 0 Å². The largest absolute Gasteiger partial charge is 0.348 e. The van der Waals surface area contributed by atoms with Crippen LogP contribution in [0.1, 0.15) is 46.0 Å². The average molecular weight is 295 g/mol. The van der Waals surface area contributed by atoms with Crippen molar-refractivity contribution in [3.8, 4) is 0 Å². The van der Waals surface area contributed by atoms with Crippen LogP contribution in [0.2, 0.25) is 0 Å². The molecule has 21 heavy (non-hydrogen) atoms. The molecule has 0 spiro atoms. The Labute approximate surface area is 130 Å². The van der Waals surface area contributed by atoms with Gasteiger partial charge in [0.1, 0.15) is 0 Å². The highest BCUT2D eigenvalue weighted by Crippen LogP contribution is 2.30. The number of carbonyl (C=O) groups is 1. The molecule has 0 bridgehead atoms. The Morgan fingerprint density at radius 1 is 1.14 bits per heavy atom. The molecule has 1 saturated heterocycles. The van der Waals surface area contributed by atoms with Crippen LogP contribution in [-0.2, 0) is 4.79 Å². The minimum Gasteiger partial charge on any atom is -0.348 e. The van der Waals surface area contributed by atoms with Crippen LogP contribution in [0.5, 0.6) is 0 Å². The predicted octanol–water partition coefficient (Wildman–Crippen LogP) is 1.95. The lowest BCUT2D eigenvalue weighted by atomic mass is 9.77. The van der Waals surface area contributed by atoms with E-state index in [0.29, 0.717) is 18.6 Å². The van der Waals surface area contributed by atoms with Crippen molar-refractivity contribution >= 4 is 5.91 Å². The van der Waals surface area contributed by atoms with E-state index < -0.39 is 0 Å². The monoisotopic (exact) mass is 295 g/mol. The average Bonchev–Trinajstić information content (AvgIpc) is 2.46. The minimum absolute atomic E-state index is 0.219. The Morgan fingerprint density at radius 3 is 2.43 bits per heavy atom. The van der Waals surface area contributed by atoms with Gasteiger partial charge in [-0.25, -0.2) is 0 Å². The van der Waals surface area contributed by atoms with Crippen LogP contribution in [0.25, 0.3) is 0 Å². The molecule has 3 atom stereocenters. The summed E-state index contributed by atoms with van der Waals surface area (Å²) in [7, 11) is 3.67. The highest BCUT2D eigenvalue weighted by Gasteiger charge is 2.30. The number of likely N-dealkylation sites (N-methyl/N-ethyl adjacent to an activating group) is 1. The van der Waals surface area contributed by atoms with Gasteiger partial charge in [0.25, 0.3) is 0 Å². The number of piperidine rings is 1. The highest BCUT2D eigenvalue weighted by molar-refractivity contribution is 5.77. The smallest absolute Gasteiger partial charge is 0.236 e. The first-order chi connectivity index (χ1) is 9.97. The Morgan fingerprint density at radius 2 is 1.81 bits per heavy atom. The second-order valence-corrected chi connectivity index (χ2v) is 7.38. The molecular weight excluding hydrogens is 262 g/mol. The van der Waals surface area contributed by atoms with Crippen molar-refractivity contribution in [3.63, 3.8) is 0 Å². The van der Waals surface area contributed by atoms with Crippen LogP contribution in [0.3, 0.4) is 0 Å². The Bertz CT molecular complexity index is 337. The molecule has 0 radical (unpaired) electrons. The van der Waals surface area contributed by atoms with E-state index in [0.717, 1.165) is 24.9 Å². The first-order valence-corrected chi connectivity index (χ1v) is 8.66. The Hall–Kier alpha value is -0.610. The summed E-state index contributed by atoms with van der Waals surface area (Å²) in [4.78, 5) is 15.7. The van der Waals surface area contributed by atoms with E-state index >= 15 is 0 Å². The van der Waals surface area contributed by atoms with E-state index in [1.807, 2.05) is 14.1 Å². The summed E-state index contributed by atoms with van der Waals surface area (Å²) < 4.78 is 0. The zero-order valence-electron chi connectivity index (χ0n) is 14.3. The van der Waals surface area contributed by atoms with Crippen molar-refractivity contribution in [2.24, 2.45) is 11.8 Å². The Kier molecular flexibility index (Phi) is 6.06. The van der Waals surface area contributed by atoms with Gasteiger partial charge in [-0.05, 0) is 31.1 Å². The fourth-order valence-electron chi connectivity index (χ4n) is 3.71. The van der Waals surface area contributed by atoms with E-state index in [-0.39, 0.29) is 5.91 Å². The molecule has 1 aliphatic heterocycles. The summed E-state index contributed by atoms with van der Waals surface area (Å²) >= 11 is 0. The van der Waals surface area contributed by atoms with Gasteiger partial charge in [-0.1, -0.05) is 26.7 Å². The van der Waals surface area contributed by atoms with Crippen LogP contribution in [0.15, 0.2) is 0 Å². The molecule has 0 aromatic rings. The van der Waals surface area contributed by atoms with Crippen LogP contribution in [0.4, 0.5) is 0 Å². The zero-order valence-corrected chi connectivity index (χ0v) is 14.3. The van der Waals surface area contributed by atoms with Crippen LogP contribution in [0, 0.1) is 11.8 Å². The molecule has 4 nitrogen and oxygen atoms in total. The predicted molar refractivity (Wildman–Crippen MR) is 87.3 cm³/mol. The summed E-state index contributed by atoms with van der Waals surface area (Å²) in [5.41, 5.74) is 0. The van der Waals surface area contributed by atoms with Crippen molar-refractivity contribution in [1.82, 2.24) is 15.1 Å². The maximum atomic E-state index is 11.8. The van der Waals surface area contributed by atoms with Gasteiger partial charge in [0.2, 0.25) is 5.91 Å². The number of rotatable bonds is 4. The molecule has 2 fully saturated rings. The number of hydrogen-bond donors (Lipinski definition) is 1. The zero-order chi connectivity index (χ0) is 15.4. The molecule has 1 heterocycles. The van der Waals surface area contributed by atoms with Crippen LogP contribution in [-0.4, -0.2) is 61.5 Å². The lowest BCUT2D eigenvalue weighted by Crippen LogP contribution is -2.51. The molecule has 122 valence electrons. The van der Waals surface area contributed by atoms with Crippen molar-refractivity contribution in [1.29, 1.82) is 0 Å². The maximum absolute atomic E-state index is 11.8. The highest BCUT2D eigenvalue weighted by atomic mass is 16.2. The molecule has 0 aromatic heterocycles. The minimum atomic E-state index is 0.219. The third-order valence-electron chi connectivity index (χ3n) is 5.60. The number of hydrogen-bond acceptors (Lipinski definition) is 3. The summed E-state index contributed by atoms with van der Waals surface area (Å²) in [5, 5.41) is 3.91. The standard InChI is InChI=1S/C17H33N3O/c1-13-6-5-7-16(14(13)2)18-15-8-10-20(11-9-15)12-17(21)19(3)4/h13-16,18H,5-12H2,1-4H3. The molecule has 1 saturated carbocycles. The van der Waals surface area contributed by atoms with Crippen molar-refractivity contribution < 1.29 is 4.79 Å². The number of amides is 1. The molecule has 1 N–H and O–H groups in total. The topological polar surface area (TPSA) is 35.6 Å². The van der Waals surface area contributed by atoms with Crippen molar-refractivity contribution in [2.75, 3.05) is 33.7 Å². The number of nitrogens with one attached hydrogen (secondary N) is 1. The SMILES string of the molecule is CC1CCCC(NC2CCN(CC(=O)N(C)C)CC2)C1C. The number of likely N-dealkylation sites (tertiary alicyclic amines) is 1. The van der Waals surface area contributed by atoms with E-state index in [9.17, 15) is 4.79 Å². The van der Waals surface area contributed by atoms with Gasteiger partial charge in [-0.2, -0.15) is 0 Å². The third-order valence-corrected chi connectivity index (χ3v) is 5.60. The van der Waals surface area contributed by atoms with E-state index in [1.165, 1.54) is 32.1 Å². The van der Waals surface area contributed by atoms with Gasteiger partial charge in [0, 0.05) is 39.3 Å². The normalized spacial score (nSPS) is 32.1. The van der Waals surface area contributed by atoms with Gasteiger partial charge in [0.15, 0.2) is 0 Å². The van der Waals surface area contributed by atoms with Gasteiger partial charge >= 0.3 is 0 Å². The molecule has 0 aromatic carbocycles. The van der Waals surface area contributed by atoms with Crippen LogP contribution < -0.4 is 5.32 Å². The molecule has 4 heteroatoms. The summed E-state index contributed by atoms with van der Waals surface area (Å²) in [6.07, 6.45) is 6.46. The first kappa shape index (κ1) is 16.8. The molecule has 2 aliphatic rings. The second-order valence-electron chi connectivity index (χ2n) is 7.38. The lowest BCUT2D eigenvalue weighted by molar-refractivity contribution is -0.130. The van der Waals surface area contributed by atoms with Gasteiger partial charge in [-0.3, -0.25) is 9.69 Å². The second kappa shape index (κ2) is 7.59. The summed E-state index contributed by atoms with van der Waals surface area (Å²) in [6, 6.07) is 1.35. The van der Waals surface area contributed by atoms with Crippen molar-refractivity contribution in [3.05, 3.63) is 0 Å². The first-order valence-electron chi connectivity index (χ1n) is 8.66. The summed E-state index contributed by atoms with van der Waals surface area (Å²) in [5.74, 6) is 1.87. The van der Waals surface area contributed by atoms with Crippen LogP contribution >= 0.6 is 0 Å². The molecule has 1 amide bonds. The molecule has 3 unspecified atom stereocenters. The quantitative estimate of drug-likeness (QED) is 0.861.